The summed E-state index contributed by atoms with van der Waals surface area (Å²) in [5, 5.41) is 8.65. The topological polar surface area (TPSA) is 185 Å². The van der Waals surface area contributed by atoms with E-state index < -0.39 is 73.2 Å². The van der Waals surface area contributed by atoms with E-state index in [9.17, 15) is 32.4 Å². The maximum atomic E-state index is 14.4. The van der Waals surface area contributed by atoms with Crippen LogP contribution in [0.5, 0.6) is 0 Å². The number of hydrogen-bond donors (Lipinski definition) is 4. The lowest BCUT2D eigenvalue weighted by molar-refractivity contribution is -0.145. The third-order valence-corrected chi connectivity index (χ3v) is 14.2. The summed E-state index contributed by atoms with van der Waals surface area (Å²) in [6.45, 7) is 14.9. The number of primary amides is 1. The van der Waals surface area contributed by atoms with E-state index in [0.29, 0.717) is 25.8 Å². The summed E-state index contributed by atoms with van der Waals surface area (Å²) in [6, 6.07) is -3.59. The zero-order chi connectivity index (χ0) is 35.3. The van der Waals surface area contributed by atoms with Crippen LogP contribution >= 0.6 is 0 Å². The van der Waals surface area contributed by atoms with Gasteiger partial charge in [-0.15, -0.1) is 0 Å². The average Bonchev–Trinajstić information content (AvgIpc) is 3.23. The number of fused-ring (bicyclic) bond motifs is 1. The van der Waals surface area contributed by atoms with Crippen molar-refractivity contribution in [1.82, 2.24) is 20.9 Å². The molecule has 0 radical (unpaired) electrons. The minimum atomic E-state index is -3.56. The SMILES string of the molecule is CC(C)(C)[C@H](NC(=O)NC1(CS(=O)(=O)C(C)(C)C)CCCCC1)C(=O)N1C[C@H]2[C@@H]([C@H]1C(=O)NC(CC1CCC1)C(=O)C(N)=O)C2(C)C. The number of nitrogens with one attached hydrogen (secondary N) is 3. The molecule has 4 fully saturated rings. The highest BCUT2D eigenvalue weighted by Crippen LogP contribution is 2.65. The number of hydrogen-bond acceptors (Lipinski definition) is 7. The van der Waals surface area contributed by atoms with Crippen LogP contribution < -0.4 is 21.7 Å². The van der Waals surface area contributed by atoms with Crippen LogP contribution in [-0.4, -0.2) is 83.6 Å². The minimum Gasteiger partial charge on any atom is -0.363 e. The predicted molar refractivity (Wildman–Crippen MR) is 179 cm³/mol. The van der Waals surface area contributed by atoms with Crippen molar-refractivity contribution in [2.24, 2.45) is 34.3 Å². The lowest BCUT2D eigenvalue weighted by Gasteiger charge is -2.41. The Morgan fingerprint density at radius 3 is 2.00 bits per heavy atom. The first-order chi connectivity index (χ1) is 21.5. The van der Waals surface area contributed by atoms with Crippen molar-refractivity contribution >= 4 is 39.4 Å². The normalized spacial score (nSPS) is 26.6. The number of Topliss-reactive ketones (excluding diaryl/α,β-unsaturated/α-hetero) is 1. The van der Waals surface area contributed by atoms with Crippen molar-refractivity contribution < 1.29 is 32.4 Å². The fourth-order valence-electron chi connectivity index (χ4n) is 7.87. The summed E-state index contributed by atoms with van der Waals surface area (Å²) < 4.78 is 25.6. The van der Waals surface area contributed by atoms with Gasteiger partial charge in [-0.3, -0.25) is 19.2 Å². The van der Waals surface area contributed by atoms with Crippen LogP contribution in [0.3, 0.4) is 0 Å². The molecule has 0 aromatic heterocycles. The average molecular weight is 680 g/mol. The highest BCUT2D eigenvalue weighted by atomic mass is 32.2. The Morgan fingerprint density at radius 1 is 0.915 bits per heavy atom. The van der Waals surface area contributed by atoms with Crippen LogP contribution in [0.15, 0.2) is 0 Å². The molecule has 1 saturated heterocycles. The molecule has 1 unspecified atom stereocenters. The van der Waals surface area contributed by atoms with Gasteiger partial charge in [0.2, 0.25) is 17.6 Å². The van der Waals surface area contributed by atoms with Gasteiger partial charge >= 0.3 is 6.03 Å². The molecule has 266 valence electrons. The molecule has 4 aliphatic rings. The van der Waals surface area contributed by atoms with Crippen LogP contribution in [0.2, 0.25) is 0 Å². The van der Waals surface area contributed by atoms with Gasteiger partial charge < -0.3 is 26.6 Å². The first-order valence-electron chi connectivity index (χ1n) is 17.3. The molecular weight excluding hydrogens is 622 g/mol. The number of carbonyl (C=O) groups is 5. The third-order valence-electron chi connectivity index (χ3n) is 11.4. The molecule has 3 aliphatic carbocycles. The number of likely N-dealkylation sites (tertiary alicyclic amines) is 1. The third kappa shape index (κ3) is 7.80. The Bertz CT molecular complexity index is 1370. The molecule has 0 aromatic rings. The van der Waals surface area contributed by atoms with E-state index >= 15 is 0 Å². The summed E-state index contributed by atoms with van der Waals surface area (Å²) in [4.78, 5) is 68.1. The van der Waals surface area contributed by atoms with E-state index in [0.717, 1.165) is 38.5 Å². The Morgan fingerprint density at radius 2 is 1.51 bits per heavy atom. The second-order valence-corrected chi connectivity index (χ2v) is 20.1. The van der Waals surface area contributed by atoms with Crippen LogP contribution in [0, 0.1) is 28.6 Å². The van der Waals surface area contributed by atoms with Crippen molar-refractivity contribution in [3.05, 3.63) is 0 Å². The summed E-state index contributed by atoms with van der Waals surface area (Å²) in [7, 11) is -3.56. The van der Waals surface area contributed by atoms with Crippen LogP contribution in [-0.2, 0) is 29.0 Å². The highest BCUT2D eigenvalue weighted by Gasteiger charge is 2.70. The number of ketones is 1. The number of amides is 5. The number of carbonyl (C=O) groups excluding carboxylic acids is 5. The van der Waals surface area contributed by atoms with Crippen molar-refractivity contribution in [3.63, 3.8) is 0 Å². The smallest absolute Gasteiger partial charge is 0.315 e. The quantitative estimate of drug-likeness (QED) is 0.242. The Kier molecular flexibility index (Phi) is 10.2. The van der Waals surface area contributed by atoms with E-state index in [1.165, 1.54) is 4.90 Å². The lowest BCUT2D eigenvalue weighted by Crippen LogP contribution is -2.64. The first kappa shape index (κ1) is 37.1. The summed E-state index contributed by atoms with van der Waals surface area (Å²) in [5.74, 6) is -2.94. The molecule has 0 aromatic carbocycles. The summed E-state index contributed by atoms with van der Waals surface area (Å²) in [6.07, 6.45) is 6.73. The Balaban J connectivity index is 1.55. The number of nitrogens with two attached hydrogens (primary N) is 1. The molecule has 0 spiro atoms. The van der Waals surface area contributed by atoms with Gasteiger partial charge in [-0.05, 0) is 68.6 Å². The highest BCUT2D eigenvalue weighted by molar-refractivity contribution is 7.92. The van der Waals surface area contributed by atoms with Gasteiger partial charge in [-0.25, -0.2) is 13.2 Å². The molecule has 12 nitrogen and oxygen atoms in total. The number of rotatable bonds is 11. The van der Waals surface area contributed by atoms with E-state index in [-0.39, 0.29) is 28.9 Å². The van der Waals surface area contributed by atoms with Crippen LogP contribution in [0.1, 0.15) is 113 Å². The standard InChI is InChI=1S/C34H57N5O7S/c1-31(2,3)26(37-30(44)38-34(15-10-9-11-16-34)19-47(45,46)32(4,5)6)29(43)39-18-21-23(33(21,7)8)24(39)28(42)36-22(25(40)27(35)41)17-20-13-12-14-20/h20-24,26H,9-19H2,1-8H3,(H2,35,41)(H,36,42)(H2,37,38,44)/t21-,22?,23-,24-,26+/m0/s1. The number of urea groups is 1. The first-order valence-corrected chi connectivity index (χ1v) is 18.9. The second-order valence-electron chi connectivity index (χ2n) is 17.3. The largest absolute Gasteiger partial charge is 0.363 e. The predicted octanol–water partition coefficient (Wildman–Crippen LogP) is 2.83. The van der Waals surface area contributed by atoms with Crippen molar-refractivity contribution in [2.75, 3.05) is 12.3 Å². The summed E-state index contributed by atoms with van der Waals surface area (Å²) in [5.41, 5.74) is 3.42. The maximum Gasteiger partial charge on any atom is 0.315 e. The van der Waals surface area contributed by atoms with Gasteiger partial charge in [0.05, 0.1) is 22.1 Å². The number of nitrogens with zero attached hydrogens (tertiary/aromatic N) is 1. The van der Waals surface area contributed by atoms with E-state index in [1.807, 2.05) is 34.6 Å². The minimum absolute atomic E-state index is 0.0571. The van der Waals surface area contributed by atoms with Gasteiger partial charge in [-0.1, -0.05) is 73.1 Å². The molecule has 1 heterocycles. The molecule has 5 atom stereocenters. The fourth-order valence-corrected chi connectivity index (χ4v) is 9.39. The van der Waals surface area contributed by atoms with Gasteiger partial charge in [0.15, 0.2) is 9.84 Å². The van der Waals surface area contributed by atoms with E-state index in [1.54, 1.807) is 20.8 Å². The monoisotopic (exact) mass is 679 g/mol. The molecule has 1 aliphatic heterocycles. The zero-order valence-electron chi connectivity index (χ0n) is 29.5. The zero-order valence-corrected chi connectivity index (χ0v) is 30.3. The maximum absolute atomic E-state index is 14.4. The molecule has 5 amide bonds. The molecule has 5 N–H and O–H groups in total. The molecule has 13 heteroatoms. The summed E-state index contributed by atoms with van der Waals surface area (Å²) >= 11 is 0. The Labute approximate surface area is 280 Å². The lowest BCUT2D eigenvalue weighted by atomic mass is 9.80. The van der Waals surface area contributed by atoms with Gasteiger partial charge in [-0.2, -0.15) is 0 Å². The molecule has 0 bridgehead atoms. The van der Waals surface area contributed by atoms with Crippen molar-refractivity contribution in [1.29, 1.82) is 0 Å². The number of piperidine rings is 1. The second kappa shape index (κ2) is 13.0. The van der Waals surface area contributed by atoms with E-state index in [4.69, 9.17) is 5.73 Å². The molecule has 3 saturated carbocycles. The van der Waals surface area contributed by atoms with Gasteiger partial charge in [0, 0.05) is 6.54 Å². The number of sulfone groups is 1. The van der Waals surface area contributed by atoms with Crippen molar-refractivity contribution in [2.45, 2.75) is 142 Å². The fraction of sp³-hybridized carbons (Fsp3) is 0.853. The van der Waals surface area contributed by atoms with Gasteiger partial charge in [0.25, 0.3) is 5.91 Å². The van der Waals surface area contributed by atoms with Gasteiger partial charge in [0.1, 0.15) is 12.1 Å². The van der Waals surface area contributed by atoms with Crippen LogP contribution in [0.4, 0.5) is 4.79 Å². The van der Waals surface area contributed by atoms with Crippen molar-refractivity contribution in [3.8, 4) is 0 Å². The van der Waals surface area contributed by atoms with E-state index in [2.05, 4.69) is 16.0 Å². The molecule has 47 heavy (non-hydrogen) atoms. The van der Waals surface area contributed by atoms with Crippen LogP contribution in [0.25, 0.3) is 0 Å². The molecule has 4 rings (SSSR count). The molecular formula is C34H57N5O7S. The Hall–Kier alpha value is -2.70.